The summed E-state index contributed by atoms with van der Waals surface area (Å²) in [5.74, 6) is 10.2. The number of carbonyl (C=O) groups excluding carboxylic acids is 1. The summed E-state index contributed by atoms with van der Waals surface area (Å²) in [5.41, 5.74) is 2.47. The topological polar surface area (TPSA) is 90.0 Å². The van der Waals surface area contributed by atoms with E-state index in [1.165, 1.54) is 0 Å². The molecule has 2 aliphatic rings. The second-order valence-electron chi connectivity index (χ2n) is 7.51. The molecule has 1 aromatic heterocycles. The standard InChI is InChI=1S/C21H28N5O3S/c1-3-8-26(22)19(13-28-2)24-18-12-23-17-5-4-15(11-16(17)21(18)26)29-14-20(27)25-6-9-30-10-7-25/h4-5,11-12H,3,6-10,13-14,22H2,1-2H3/q+1. The lowest BCUT2D eigenvalue weighted by Crippen LogP contribution is -2.60. The van der Waals surface area contributed by atoms with Crippen molar-refractivity contribution in [3.05, 3.63) is 24.4 Å². The third-order valence-electron chi connectivity index (χ3n) is 5.48. The number of methoxy groups -OCH3 is 1. The van der Waals surface area contributed by atoms with Crippen LogP contribution < -0.4 is 15.2 Å². The van der Waals surface area contributed by atoms with Gasteiger partial charge in [-0.05, 0) is 24.6 Å². The Kier molecular flexibility index (Phi) is 6.24. The Hall–Kier alpha value is -2.20. The van der Waals surface area contributed by atoms with Crippen molar-refractivity contribution in [3.63, 3.8) is 0 Å². The Morgan fingerprint density at radius 1 is 1.33 bits per heavy atom. The molecule has 160 valence electrons. The molecule has 0 spiro atoms. The summed E-state index contributed by atoms with van der Waals surface area (Å²) in [6.45, 7) is 4.74. The Balaban J connectivity index is 1.62. The summed E-state index contributed by atoms with van der Waals surface area (Å²) in [6.07, 6.45) is 2.65. The number of ether oxygens (including phenoxy) is 2. The number of benzene rings is 1. The van der Waals surface area contributed by atoms with Crippen molar-refractivity contribution in [1.29, 1.82) is 0 Å². The number of hydrogen-bond acceptors (Lipinski definition) is 7. The molecule has 0 bridgehead atoms. The van der Waals surface area contributed by atoms with Gasteiger partial charge in [-0.1, -0.05) is 6.92 Å². The SMILES string of the molecule is CCC[N+]1(N)C(COC)=Nc2cnc3ccc(OCC(=O)N4CCSCC4)cc3c21. The number of hydrogen-bond donors (Lipinski definition) is 1. The van der Waals surface area contributed by atoms with Crippen molar-refractivity contribution < 1.29 is 14.3 Å². The molecule has 2 aliphatic heterocycles. The molecule has 3 heterocycles. The summed E-state index contributed by atoms with van der Waals surface area (Å²) in [6, 6.07) is 5.66. The number of thioether (sulfide) groups is 1. The predicted octanol–water partition coefficient (Wildman–Crippen LogP) is 2.47. The number of nitrogens with two attached hydrogens (primary N) is 1. The minimum Gasteiger partial charge on any atom is -0.484 e. The zero-order valence-corrected chi connectivity index (χ0v) is 18.3. The summed E-state index contributed by atoms with van der Waals surface area (Å²) in [7, 11) is 1.64. The van der Waals surface area contributed by atoms with Gasteiger partial charge in [0.1, 0.15) is 18.9 Å². The van der Waals surface area contributed by atoms with Crippen molar-refractivity contribution in [2.75, 3.05) is 51.5 Å². The summed E-state index contributed by atoms with van der Waals surface area (Å²) < 4.78 is 11.3. The van der Waals surface area contributed by atoms with E-state index in [4.69, 9.17) is 20.3 Å². The summed E-state index contributed by atoms with van der Waals surface area (Å²) >= 11 is 1.88. The van der Waals surface area contributed by atoms with Crippen LogP contribution in [0.2, 0.25) is 0 Å². The van der Waals surface area contributed by atoms with Crippen LogP contribution in [0, 0.1) is 0 Å². The number of quaternary nitrogens is 1. The van der Waals surface area contributed by atoms with Gasteiger partial charge in [0, 0.05) is 31.7 Å². The van der Waals surface area contributed by atoms with Gasteiger partial charge in [0.05, 0.1) is 17.1 Å². The first-order chi connectivity index (χ1) is 14.6. The maximum Gasteiger partial charge on any atom is 0.260 e. The minimum atomic E-state index is 0.0208. The van der Waals surface area contributed by atoms with Gasteiger partial charge in [-0.15, -0.1) is 0 Å². The smallest absolute Gasteiger partial charge is 0.260 e. The van der Waals surface area contributed by atoms with Gasteiger partial charge in [0.2, 0.25) is 0 Å². The van der Waals surface area contributed by atoms with Crippen LogP contribution in [0.1, 0.15) is 13.3 Å². The van der Waals surface area contributed by atoms with Gasteiger partial charge in [0.15, 0.2) is 18.0 Å². The van der Waals surface area contributed by atoms with E-state index in [1.807, 2.05) is 34.9 Å². The molecule has 2 aromatic rings. The van der Waals surface area contributed by atoms with Crippen molar-refractivity contribution >= 4 is 45.8 Å². The van der Waals surface area contributed by atoms with Gasteiger partial charge in [-0.25, -0.2) is 0 Å². The first-order valence-electron chi connectivity index (χ1n) is 10.2. The number of pyridine rings is 1. The van der Waals surface area contributed by atoms with Crippen LogP contribution in [0.3, 0.4) is 0 Å². The van der Waals surface area contributed by atoms with Crippen LogP contribution in [-0.2, 0) is 9.53 Å². The quantitative estimate of drug-likeness (QED) is 0.536. The normalized spacial score (nSPS) is 20.9. The molecule has 1 atom stereocenters. The molecule has 1 unspecified atom stereocenters. The van der Waals surface area contributed by atoms with Crippen molar-refractivity contribution in [3.8, 4) is 5.75 Å². The Morgan fingerprint density at radius 3 is 2.87 bits per heavy atom. The second kappa shape index (κ2) is 8.89. The van der Waals surface area contributed by atoms with E-state index in [9.17, 15) is 4.79 Å². The van der Waals surface area contributed by atoms with Crippen LogP contribution in [0.15, 0.2) is 29.4 Å². The Bertz CT molecular complexity index is 977. The Morgan fingerprint density at radius 2 is 2.13 bits per heavy atom. The van der Waals surface area contributed by atoms with E-state index >= 15 is 0 Å². The maximum atomic E-state index is 12.4. The molecule has 2 N–H and O–H groups in total. The van der Waals surface area contributed by atoms with Gasteiger partial charge < -0.3 is 14.4 Å². The molecule has 30 heavy (non-hydrogen) atoms. The van der Waals surface area contributed by atoms with E-state index in [0.717, 1.165) is 59.1 Å². The fraction of sp³-hybridized carbons (Fsp3) is 0.476. The Labute approximate surface area is 180 Å². The number of aliphatic imine (C=N–C) groups is 1. The highest BCUT2D eigenvalue weighted by Crippen LogP contribution is 2.44. The number of amidine groups is 1. The van der Waals surface area contributed by atoms with Gasteiger partial charge in [-0.3, -0.25) is 9.78 Å². The molecule has 9 heteroatoms. The van der Waals surface area contributed by atoms with Crippen LogP contribution in [0.25, 0.3) is 10.9 Å². The highest BCUT2D eigenvalue weighted by atomic mass is 32.2. The van der Waals surface area contributed by atoms with E-state index in [2.05, 4.69) is 11.9 Å². The van der Waals surface area contributed by atoms with Gasteiger partial charge in [0.25, 0.3) is 11.7 Å². The number of carbonyl (C=O) groups is 1. The lowest BCUT2D eigenvalue weighted by Gasteiger charge is -2.29. The fourth-order valence-corrected chi connectivity index (χ4v) is 4.92. The molecule has 0 saturated carbocycles. The van der Waals surface area contributed by atoms with Crippen LogP contribution in [0.4, 0.5) is 11.4 Å². The lowest BCUT2D eigenvalue weighted by molar-refractivity contribution is -0.132. The van der Waals surface area contributed by atoms with Crippen molar-refractivity contribution in [2.45, 2.75) is 13.3 Å². The predicted molar refractivity (Wildman–Crippen MR) is 121 cm³/mol. The molecule has 1 amide bonds. The first-order valence-corrected chi connectivity index (χ1v) is 11.4. The molecule has 4 rings (SSSR count). The lowest BCUT2D eigenvalue weighted by atomic mass is 10.1. The summed E-state index contributed by atoms with van der Waals surface area (Å²) in [4.78, 5) is 23.6. The molecule has 1 fully saturated rings. The highest BCUT2D eigenvalue weighted by Gasteiger charge is 2.42. The molecular weight excluding hydrogens is 402 g/mol. The van der Waals surface area contributed by atoms with Crippen LogP contribution in [-0.4, -0.2) is 73.1 Å². The highest BCUT2D eigenvalue weighted by molar-refractivity contribution is 7.99. The van der Waals surface area contributed by atoms with E-state index in [0.29, 0.717) is 18.9 Å². The van der Waals surface area contributed by atoms with Crippen LogP contribution >= 0.6 is 11.8 Å². The molecule has 0 radical (unpaired) electrons. The second-order valence-corrected chi connectivity index (χ2v) is 8.73. The van der Waals surface area contributed by atoms with E-state index in [-0.39, 0.29) is 17.1 Å². The molecule has 1 saturated heterocycles. The number of nitrogens with zero attached hydrogens (tertiary/aromatic N) is 4. The fourth-order valence-electron chi connectivity index (χ4n) is 4.01. The molecule has 0 aliphatic carbocycles. The van der Waals surface area contributed by atoms with E-state index in [1.54, 1.807) is 13.3 Å². The first kappa shape index (κ1) is 21.0. The monoisotopic (exact) mass is 430 g/mol. The van der Waals surface area contributed by atoms with Gasteiger partial charge in [-0.2, -0.15) is 27.2 Å². The molecule has 1 aromatic carbocycles. The average molecular weight is 431 g/mol. The summed E-state index contributed by atoms with van der Waals surface area (Å²) in [5, 5.41) is 0.887. The number of fused-ring (bicyclic) bond motifs is 3. The molecule has 8 nitrogen and oxygen atoms in total. The number of amides is 1. The van der Waals surface area contributed by atoms with Crippen LogP contribution in [0.5, 0.6) is 5.75 Å². The zero-order chi connectivity index (χ0) is 21.1. The number of aromatic nitrogens is 1. The average Bonchev–Trinajstić information content (AvgIpc) is 3.05. The minimum absolute atomic E-state index is 0.0208. The zero-order valence-electron chi connectivity index (χ0n) is 17.5. The maximum absolute atomic E-state index is 12.4. The largest absolute Gasteiger partial charge is 0.484 e. The third kappa shape index (κ3) is 3.90. The van der Waals surface area contributed by atoms with Crippen molar-refractivity contribution in [1.82, 2.24) is 14.5 Å². The van der Waals surface area contributed by atoms with E-state index < -0.39 is 0 Å². The third-order valence-corrected chi connectivity index (χ3v) is 6.42. The molecular formula is C21H28N5O3S+. The van der Waals surface area contributed by atoms with Crippen molar-refractivity contribution in [2.24, 2.45) is 10.8 Å². The number of rotatable bonds is 7. The van der Waals surface area contributed by atoms with Gasteiger partial charge >= 0.3 is 0 Å².